The van der Waals surface area contributed by atoms with E-state index >= 15 is 0 Å². The number of nitrogens with zero attached hydrogens (tertiary/aromatic N) is 7. The maximum Gasteiger partial charge on any atom is 0.150 e. The monoisotopic (exact) mass is 978 g/mol. The van der Waals surface area contributed by atoms with Crippen molar-refractivity contribution in [2.24, 2.45) is 15.0 Å². The van der Waals surface area contributed by atoms with Crippen molar-refractivity contribution < 1.29 is 14.3 Å². The van der Waals surface area contributed by atoms with Crippen molar-refractivity contribution in [3.05, 3.63) is 160 Å². The summed E-state index contributed by atoms with van der Waals surface area (Å²) in [7, 11) is 4.35. The fourth-order valence-corrected chi connectivity index (χ4v) is 9.60. The highest BCUT2D eigenvalue weighted by Crippen LogP contribution is 2.36. The van der Waals surface area contributed by atoms with Crippen molar-refractivity contribution in [1.82, 2.24) is 9.80 Å². The fourth-order valence-electron chi connectivity index (χ4n) is 9.60. The van der Waals surface area contributed by atoms with Crippen molar-refractivity contribution in [3.8, 4) is 11.5 Å². The van der Waals surface area contributed by atoms with Crippen LogP contribution in [0.15, 0.2) is 136 Å². The van der Waals surface area contributed by atoms with E-state index in [-0.39, 0.29) is 0 Å². The molecule has 2 saturated heterocycles. The number of carbonyl (C=O) groups excluding carboxylic acids is 1. The van der Waals surface area contributed by atoms with Crippen molar-refractivity contribution in [1.29, 1.82) is 0 Å². The van der Waals surface area contributed by atoms with E-state index < -0.39 is 0 Å². The molecular formula is C61H71N9O3. The van der Waals surface area contributed by atoms with Crippen LogP contribution in [0.5, 0.6) is 11.5 Å². The maximum absolute atomic E-state index is 10.9. The van der Waals surface area contributed by atoms with Gasteiger partial charge >= 0.3 is 0 Å². The first-order valence-corrected chi connectivity index (χ1v) is 26.2. The molecule has 0 amide bonds. The Morgan fingerprint density at radius 3 is 1.40 bits per heavy atom. The van der Waals surface area contributed by atoms with Crippen LogP contribution in [-0.2, 0) is 19.3 Å². The van der Waals surface area contributed by atoms with Gasteiger partial charge in [0.25, 0.3) is 0 Å². The lowest BCUT2D eigenvalue weighted by Gasteiger charge is -2.34. The molecule has 0 aromatic heterocycles. The molecule has 0 saturated carbocycles. The first kappa shape index (κ1) is 50.7. The second-order valence-electron chi connectivity index (χ2n) is 19.7. The first-order valence-electron chi connectivity index (χ1n) is 26.2. The Balaban J connectivity index is 0.000000150. The SMILES string of the molecule is CCCCOc1ccc(C2=Nc3ccc(C4=Nc5ccc(N6CCN(C)CC6)cc5C4)cc3C2)cc1.CCCCOc1ccc(C2=Nc3ccc(C=O)cc3C2)cc1.CN1CCN(c2ccc(N)c(N)c2)CC1. The van der Waals surface area contributed by atoms with Gasteiger partial charge in [0.1, 0.15) is 17.8 Å². The number of benzene rings is 6. The van der Waals surface area contributed by atoms with Crippen molar-refractivity contribution >= 4 is 63.2 Å². The molecule has 11 rings (SSSR count). The molecule has 0 atom stereocenters. The van der Waals surface area contributed by atoms with Gasteiger partial charge in [-0.15, -0.1) is 0 Å². The quantitative estimate of drug-likeness (QED) is 0.0621. The lowest BCUT2D eigenvalue weighted by molar-refractivity contribution is 0.112. The normalized spacial score (nSPS) is 15.9. The number of ether oxygens (including phenoxy) is 2. The van der Waals surface area contributed by atoms with E-state index in [2.05, 4.69) is 113 Å². The van der Waals surface area contributed by atoms with Gasteiger partial charge in [-0.3, -0.25) is 19.8 Å². The molecule has 0 aliphatic carbocycles. The van der Waals surface area contributed by atoms with Gasteiger partial charge in [0.2, 0.25) is 0 Å². The molecule has 5 heterocycles. The molecule has 0 unspecified atom stereocenters. The summed E-state index contributed by atoms with van der Waals surface area (Å²) in [6, 6.07) is 41.4. The Morgan fingerprint density at radius 2 is 0.904 bits per heavy atom. The van der Waals surface area contributed by atoms with E-state index in [0.717, 1.165) is 179 Å². The minimum absolute atomic E-state index is 0.660. The molecule has 0 bridgehead atoms. The predicted octanol–water partition coefficient (Wildman–Crippen LogP) is 10.9. The number of carbonyl (C=O) groups is 1. The summed E-state index contributed by atoms with van der Waals surface area (Å²) in [5, 5.41) is 0. The number of nitrogens with two attached hydrogens (primary N) is 2. The molecule has 5 aliphatic heterocycles. The number of nitrogen functional groups attached to an aromatic ring is 2. The van der Waals surface area contributed by atoms with Gasteiger partial charge in [0.15, 0.2) is 0 Å². The molecule has 5 aliphatic rings. The molecule has 0 radical (unpaired) electrons. The molecule has 73 heavy (non-hydrogen) atoms. The van der Waals surface area contributed by atoms with E-state index in [1.807, 2.05) is 60.7 Å². The molecule has 0 spiro atoms. The highest BCUT2D eigenvalue weighted by atomic mass is 16.5. The van der Waals surface area contributed by atoms with Gasteiger partial charge < -0.3 is 40.5 Å². The molecule has 6 aromatic carbocycles. The Kier molecular flexibility index (Phi) is 16.6. The van der Waals surface area contributed by atoms with Gasteiger partial charge in [0.05, 0.1) is 58.8 Å². The van der Waals surface area contributed by atoms with Crippen molar-refractivity contribution in [3.63, 3.8) is 0 Å². The van der Waals surface area contributed by atoms with E-state index in [9.17, 15) is 4.79 Å². The van der Waals surface area contributed by atoms with E-state index in [4.69, 9.17) is 30.9 Å². The van der Waals surface area contributed by atoms with E-state index in [1.165, 1.54) is 28.1 Å². The van der Waals surface area contributed by atoms with Crippen LogP contribution in [0.4, 0.5) is 39.8 Å². The zero-order chi connectivity index (χ0) is 50.7. The molecule has 12 heteroatoms. The van der Waals surface area contributed by atoms with E-state index in [0.29, 0.717) is 16.9 Å². The van der Waals surface area contributed by atoms with Gasteiger partial charge in [-0.1, -0.05) is 32.8 Å². The Hall–Kier alpha value is -7.28. The fraction of sp³-hybridized carbons (Fsp3) is 0.344. The number of aldehydes is 1. The maximum atomic E-state index is 10.9. The van der Waals surface area contributed by atoms with Crippen molar-refractivity contribution in [2.75, 3.05) is 101 Å². The summed E-state index contributed by atoms with van der Waals surface area (Å²) >= 11 is 0. The smallest absolute Gasteiger partial charge is 0.150 e. The number of hydrogen-bond donors (Lipinski definition) is 2. The summed E-state index contributed by atoms with van der Waals surface area (Å²) in [6.07, 6.45) is 7.83. The van der Waals surface area contributed by atoms with Crippen LogP contribution in [0.1, 0.15) is 83.3 Å². The first-order chi connectivity index (χ1) is 35.6. The third-order valence-corrected chi connectivity index (χ3v) is 14.3. The topological polar surface area (TPSA) is 138 Å². The Labute approximate surface area is 432 Å². The highest BCUT2D eigenvalue weighted by molar-refractivity contribution is 6.10. The predicted molar refractivity (Wildman–Crippen MR) is 303 cm³/mol. The third kappa shape index (κ3) is 12.9. The number of anilines is 4. The minimum Gasteiger partial charge on any atom is -0.494 e. The zero-order valence-electron chi connectivity index (χ0n) is 43.2. The van der Waals surface area contributed by atoms with Gasteiger partial charge in [-0.2, -0.15) is 0 Å². The molecule has 12 nitrogen and oxygen atoms in total. The van der Waals surface area contributed by atoms with Gasteiger partial charge in [0, 0.05) is 88.6 Å². The standard InChI is InChI=1S/C31H34N4O.C19H19NO2.C11H18N4/c1-3-4-17-36-27-9-5-22(6-10-27)30-20-24-18-23(7-11-28(24)32-30)31-21-25-19-26(8-12-29(25)33-31)35-15-13-34(2)14-16-35;1-2-3-10-22-17-7-5-15(6-8-17)19-12-16-11-14(13-21)4-9-18(16)20-19;1-14-4-6-15(7-5-14)9-2-3-10(12)11(13)8-9/h5-12,18-19H,3-4,13-17,20-21H2,1-2H3;4-9,11,13H,2-3,10,12H2,1H3;2-3,8H,4-7,12-13H2,1H3. The minimum atomic E-state index is 0.660. The van der Waals surface area contributed by atoms with Crippen LogP contribution in [0.25, 0.3) is 0 Å². The summed E-state index contributed by atoms with van der Waals surface area (Å²) in [6.45, 7) is 14.6. The van der Waals surface area contributed by atoms with Crippen LogP contribution in [-0.4, -0.2) is 113 Å². The van der Waals surface area contributed by atoms with Crippen molar-refractivity contribution in [2.45, 2.75) is 58.8 Å². The number of fused-ring (bicyclic) bond motifs is 3. The zero-order valence-corrected chi connectivity index (χ0v) is 43.2. The van der Waals surface area contributed by atoms with Gasteiger partial charge in [-0.05, 0) is 176 Å². The lowest BCUT2D eigenvalue weighted by Crippen LogP contribution is -2.44. The largest absolute Gasteiger partial charge is 0.494 e. The van der Waals surface area contributed by atoms with Gasteiger partial charge in [-0.25, -0.2) is 0 Å². The third-order valence-electron chi connectivity index (χ3n) is 14.3. The molecular weight excluding hydrogens is 907 g/mol. The number of aliphatic imine (C=N–C) groups is 3. The summed E-state index contributed by atoms with van der Waals surface area (Å²) < 4.78 is 11.5. The van der Waals surface area contributed by atoms with Crippen LogP contribution >= 0.6 is 0 Å². The number of unbranched alkanes of at least 4 members (excludes halogenated alkanes) is 2. The molecule has 6 aromatic rings. The average molecular weight is 978 g/mol. The number of hydrogen-bond acceptors (Lipinski definition) is 12. The average Bonchev–Trinajstić information content (AvgIpc) is 4.18. The Morgan fingerprint density at radius 1 is 0.479 bits per heavy atom. The summed E-state index contributed by atoms with van der Waals surface area (Å²) in [4.78, 5) is 35.0. The second kappa shape index (κ2) is 24.0. The number of piperazine rings is 2. The lowest BCUT2D eigenvalue weighted by atomic mass is 9.99. The van der Waals surface area contributed by atoms with E-state index in [1.54, 1.807) is 0 Å². The van der Waals surface area contributed by atoms with Crippen LogP contribution < -0.4 is 30.7 Å². The summed E-state index contributed by atoms with van der Waals surface area (Å²) in [5.41, 5.74) is 29.7. The molecule has 4 N–H and O–H groups in total. The highest BCUT2D eigenvalue weighted by Gasteiger charge is 2.23. The van der Waals surface area contributed by atoms with Crippen LogP contribution in [0, 0.1) is 0 Å². The Bertz CT molecular complexity index is 2950. The number of likely N-dealkylation sites (N-methyl/N-ethyl adjacent to an activating group) is 2. The second-order valence-corrected chi connectivity index (χ2v) is 19.7. The molecule has 378 valence electrons. The summed E-state index contributed by atoms with van der Waals surface area (Å²) in [5.74, 6) is 1.83. The van der Waals surface area contributed by atoms with Crippen LogP contribution in [0.3, 0.4) is 0 Å². The molecule has 2 fully saturated rings. The van der Waals surface area contributed by atoms with Crippen LogP contribution in [0.2, 0.25) is 0 Å². The number of rotatable bonds is 14.